The Morgan fingerprint density at radius 3 is 2.69 bits per heavy atom. The van der Waals surface area contributed by atoms with Gasteiger partial charge in [-0.1, -0.05) is 0 Å². The molecule has 92 valence electrons. The molecule has 0 saturated carbocycles. The average Bonchev–Trinajstić information content (AvgIpc) is 2.62. The highest BCUT2D eigenvalue weighted by molar-refractivity contribution is 5.74. The van der Waals surface area contributed by atoms with Crippen LogP contribution in [0.3, 0.4) is 0 Å². The molecule has 1 saturated heterocycles. The molecule has 1 unspecified atom stereocenters. The Balaban J connectivity index is 2.32. The van der Waals surface area contributed by atoms with E-state index in [0.717, 1.165) is 19.4 Å². The first-order valence-electron chi connectivity index (χ1n) is 5.76. The molecule has 0 bridgehead atoms. The van der Waals surface area contributed by atoms with Gasteiger partial charge in [-0.15, -0.1) is 0 Å². The molecule has 0 radical (unpaired) electrons. The second-order valence-electron chi connectivity index (χ2n) is 4.39. The predicted molar refractivity (Wildman–Crippen MR) is 60.3 cm³/mol. The summed E-state index contributed by atoms with van der Waals surface area (Å²) < 4.78 is 0. The van der Waals surface area contributed by atoms with E-state index in [1.807, 2.05) is 4.90 Å². The Labute approximate surface area is 96.0 Å². The number of aliphatic carboxylic acids is 1. The van der Waals surface area contributed by atoms with Crippen LogP contribution < -0.4 is 0 Å². The maximum Gasteiger partial charge on any atom is 0.319 e. The quantitative estimate of drug-likeness (QED) is 0.791. The van der Waals surface area contributed by atoms with Gasteiger partial charge >= 0.3 is 12.0 Å². The van der Waals surface area contributed by atoms with Gasteiger partial charge in [-0.2, -0.15) is 0 Å². The number of likely N-dealkylation sites (tertiary alicyclic amines) is 1. The van der Waals surface area contributed by atoms with E-state index in [0.29, 0.717) is 19.0 Å². The van der Waals surface area contributed by atoms with Crippen molar-refractivity contribution >= 4 is 12.0 Å². The molecule has 1 rings (SSSR count). The van der Waals surface area contributed by atoms with E-state index >= 15 is 0 Å². The molecule has 0 aromatic rings. The summed E-state index contributed by atoms with van der Waals surface area (Å²) in [6.45, 7) is 3.38. The summed E-state index contributed by atoms with van der Waals surface area (Å²) in [5.41, 5.74) is 0. The van der Waals surface area contributed by atoms with Crippen LogP contribution in [0.2, 0.25) is 0 Å². The number of hydrogen-bond donors (Lipinski definition) is 1. The van der Waals surface area contributed by atoms with Crippen LogP contribution in [0.4, 0.5) is 4.79 Å². The molecule has 2 amide bonds. The zero-order chi connectivity index (χ0) is 12.1. The summed E-state index contributed by atoms with van der Waals surface area (Å²) in [5.74, 6) is -0.810. The second-order valence-corrected chi connectivity index (χ2v) is 4.39. The lowest BCUT2D eigenvalue weighted by Crippen LogP contribution is -2.43. The first-order chi connectivity index (χ1) is 7.52. The number of carboxylic acids is 1. The van der Waals surface area contributed by atoms with E-state index in [4.69, 9.17) is 5.11 Å². The van der Waals surface area contributed by atoms with Crippen LogP contribution in [0.25, 0.3) is 0 Å². The van der Waals surface area contributed by atoms with E-state index in [1.165, 1.54) is 0 Å². The number of carboxylic acid groups (broad SMARTS) is 1. The highest BCUT2D eigenvalue weighted by atomic mass is 16.4. The largest absolute Gasteiger partial charge is 0.481 e. The summed E-state index contributed by atoms with van der Waals surface area (Å²) in [6, 6.07) is 0.338. The monoisotopic (exact) mass is 228 g/mol. The van der Waals surface area contributed by atoms with Crippen molar-refractivity contribution in [3.05, 3.63) is 0 Å². The van der Waals surface area contributed by atoms with Gasteiger partial charge in [0.2, 0.25) is 0 Å². The average molecular weight is 228 g/mol. The lowest BCUT2D eigenvalue weighted by Gasteiger charge is -2.27. The van der Waals surface area contributed by atoms with Crippen LogP contribution in [0.1, 0.15) is 32.6 Å². The Hall–Kier alpha value is -1.26. The first-order valence-corrected chi connectivity index (χ1v) is 5.76. The normalized spacial score (nSPS) is 19.9. The first kappa shape index (κ1) is 12.8. The third kappa shape index (κ3) is 3.40. The van der Waals surface area contributed by atoms with Gasteiger partial charge in [0.1, 0.15) is 0 Å². The standard InChI is InChI=1S/C11H20N2O3/c1-9-5-3-8-13(9)11(16)12(2)7-4-6-10(14)15/h9H,3-8H2,1-2H3,(H,14,15). The fraction of sp³-hybridized carbons (Fsp3) is 0.818. The van der Waals surface area contributed by atoms with Crippen LogP contribution in [-0.4, -0.2) is 53.1 Å². The van der Waals surface area contributed by atoms with Gasteiger partial charge in [-0.25, -0.2) is 4.79 Å². The molecule has 5 heteroatoms. The fourth-order valence-corrected chi connectivity index (χ4v) is 2.00. The lowest BCUT2D eigenvalue weighted by molar-refractivity contribution is -0.137. The summed E-state index contributed by atoms with van der Waals surface area (Å²) in [4.78, 5) is 25.8. The zero-order valence-electron chi connectivity index (χ0n) is 9.98. The van der Waals surface area contributed by atoms with Gasteiger partial charge in [-0.3, -0.25) is 4.79 Å². The molecule has 5 nitrogen and oxygen atoms in total. The van der Waals surface area contributed by atoms with E-state index in [9.17, 15) is 9.59 Å². The maximum absolute atomic E-state index is 11.9. The summed E-state index contributed by atoms with van der Waals surface area (Å²) in [5, 5.41) is 8.50. The van der Waals surface area contributed by atoms with Crippen molar-refractivity contribution in [1.82, 2.24) is 9.80 Å². The SMILES string of the molecule is CC1CCCN1C(=O)N(C)CCCC(=O)O. The zero-order valence-corrected chi connectivity index (χ0v) is 9.98. The fourth-order valence-electron chi connectivity index (χ4n) is 2.00. The molecule has 1 atom stereocenters. The number of nitrogens with zero attached hydrogens (tertiary/aromatic N) is 2. The van der Waals surface area contributed by atoms with Crippen LogP contribution >= 0.6 is 0 Å². The Morgan fingerprint density at radius 1 is 1.50 bits per heavy atom. The van der Waals surface area contributed by atoms with Crippen LogP contribution in [0.15, 0.2) is 0 Å². The third-order valence-electron chi connectivity index (χ3n) is 3.01. The Kier molecular flexibility index (Phi) is 4.58. The molecule has 0 aliphatic carbocycles. The van der Waals surface area contributed by atoms with E-state index in [-0.39, 0.29) is 12.5 Å². The molecule has 1 aliphatic heterocycles. The van der Waals surface area contributed by atoms with Gasteiger partial charge in [0.25, 0.3) is 0 Å². The smallest absolute Gasteiger partial charge is 0.319 e. The van der Waals surface area contributed by atoms with Crippen molar-refractivity contribution in [3.63, 3.8) is 0 Å². The molecule has 1 aliphatic rings. The maximum atomic E-state index is 11.9. The summed E-state index contributed by atoms with van der Waals surface area (Å²) in [6.07, 6.45) is 2.76. The molecule has 1 heterocycles. The van der Waals surface area contributed by atoms with Crippen molar-refractivity contribution in [3.8, 4) is 0 Å². The van der Waals surface area contributed by atoms with Crippen LogP contribution in [0, 0.1) is 0 Å². The lowest BCUT2D eigenvalue weighted by atomic mass is 10.2. The minimum atomic E-state index is -0.810. The van der Waals surface area contributed by atoms with Crippen molar-refractivity contribution in [2.24, 2.45) is 0 Å². The van der Waals surface area contributed by atoms with Crippen molar-refractivity contribution in [2.75, 3.05) is 20.1 Å². The van der Waals surface area contributed by atoms with E-state index in [2.05, 4.69) is 6.92 Å². The van der Waals surface area contributed by atoms with Gasteiger partial charge in [0.05, 0.1) is 0 Å². The topological polar surface area (TPSA) is 60.9 Å². The highest BCUT2D eigenvalue weighted by Gasteiger charge is 2.26. The number of urea groups is 1. The molecule has 1 fully saturated rings. The van der Waals surface area contributed by atoms with E-state index in [1.54, 1.807) is 11.9 Å². The van der Waals surface area contributed by atoms with Crippen molar-refractivity contribution in [1.29, 1.82) is 0 Å². The molecule has 16 heavy (non-hydrogen) atoms. The summed E-state index contributed by atoms with van der Waals surface area (Å²) in [7, 11) is 1.73. The molecular formula is C11H20N2O3. The number of carbonyl (C=O) groups is 2. The highest BCUT2D eigenvalue weighted by Crippen LogP contribution is 2.17. The Bertz CT molecular complexity index is 268. The van der Waals surface area contributed by atoms with Gasteiger partial charge in [-0.05, 0) is 26.2 Å². The van der Waals surface area contributed by atoms with Crippen LogP contribution in [-0.2, 0) is 4.79 Å². The molecule has 0 aromatic carbocycles. The van der Waals surface area contributed by atoms with Gasteiger partial charge in [0.15, 0.2) is 0 Å². The molecular weight excluding hydrogens is 208 g/mol. The van der Waals surface area contributed by atoms with Crippen LogP contribution in [0.5, 0.6) is 0 Å². The third-order valence-corrected chi connectivity index (χ3v) is 3.01. The molecule has 1 N–H and O–H groups in total. The minimum absolute atomic E-state index is 0.0235. The minimum Gasteiger partial charge on any atom is -0.481 e. The van der Waals surface area contributed by atoms with Crippen molar-refractivity contribution < 1.29 is 14.7 Å². The Morgan fingerprint density at radius 2 is 2.19 bits per heavy atom. The molecule has 0 spiro atoms. The van der Waals surface area contributed by atoms with Gasteiger partial charge in [0, 0.05) is 32.6 Å². The number of carbonyl (C=O) groups excluding carboxylic acids is 1. The predicted octanol–water partition coefficient (Wildman–Crippen LogP) is 1.39. The number of hydrogen-bond acceptors (Lipinski definition) is 2. The van der Waals surface area contributed by atoms with Crippen molar-refractivity contribution in [2.45, 2.75) is 38.6 Å². The second kappa shape index (κ2) is 5.72. The number of rotatable bonds is 4. The van der Waals surface area contributed by atoms with E-state index < -0.39 is 5.97 Å². The molecule has 0 aromatic heterocycles. The van der Waals surface area contributed by atoms with Gasteiger partial charge < -0.3 is 14.9 Å². The summed E-state index contributed by atoms with van der Waals surface area (Å²) >= 11 is 0. The number of amides is 2.